The van der Waals surface area contributed by atoms with Gasteiger partial charge in [-0.2, -0.15) is 5.10 Å². The van der Waals surface area contributed by atoms with Gasteiger partial charge in [0.2, 0.25) is 0 Å². The SMILES string of the molecule is CC(C)Cc1nc(C(C)C)c(-c2n[nH]c(=S)n2C)s1. The maximum atomic E-state index is 5.19. The van der Waals surface area contributed by atoms with Crippen LogP contribution in [-0.4, -0.2) is 19.7 Å². The van der Waals surface area contributed by atoms with E-state index in [1.165, 1.54) is 5.01 Å². The second kappa shape index (κ2) is 5.54. The highest BCUT2D eigenvalue weighted by Crippen LogP contribution is 2.34. The van der Waals surface area contributed by atoms with Crippen molar-refractivity contribution < 1.29 is 0 Å². The standard InChI is InChI=1S/C13H20N4S2/c1-7(2)6-9-14-10(8(3)4)11(19-9)12-15-16-13(18)17(12)5/h7-8H,6H2,1-5H3,(H,16,18). The number of aromatic nitrogens is 4. The Hall–Kier alpha value is -1.01. The summed E-state index contributed by atoms with van der Waals surface area (Å²) in [6, 6.07) is 0. The molecule has 2 aromatic rings. The van der Waals surface area contributed by atoms with E-state index in [-0.39, 0.29) is 0 Å². The largest absolute Gasteiger partial charge is 0.303 e. The van der Waals surface area contributed by atoms with E-state index >= 15 is 0 Å². The van der Waals surface area contributed by atoms with E-state index in [2.05, 4.69) is 37.9 Å². The Morgan fingerprint density at radius 2 is 2.00 bits per heavy atom. The number of nitrogens with zero attached hydrogens (tertiary/aromatic N) is 3. The molecule has 0 spiro atoms. The summed E-state index contributed by atoms with van der Waals surface area (Å²) in [6.45, 7) is 8.76. The maximum absolute atomic E-state index is 5.19. The molecule has 4 nitrogen and oxygen atoms in total. The molecular weight excluding hydrogens is 276 g/mol. The highest BCUT2D eigenvalue weighted by molar-refractivity contribution is 7.71. The summed E-state index contributed by atoms with van der Waals surface area (Å²) in [4.78, 5) is 5.93. The summed E-state index contributed by atoms with van der Waals surface area (Å²) in [6.07, 6.45) is 1.01. The van der Waals surface area contributed by atoms with Gasteiger partial charge in [-0.3, -0.25) is 5.10 Å². The Morgan fingerprint density at radius 1 is 1.32 bits per heavy atom. The summed E-state index contributed by atoms with van der Waals surface area (Å²) < 4.78 is 2.55. The van der Waals surface area contributed by atoms with Crippen molar-refractivity contribution in [3.63, 3.8) is 0 Å². The van der Waals surface area contributed by atoms with Gasteiger partial charge in [-0.25, -0.2) is 4.98 Å². The fourth-order valence-corrected chi connectivity index (χ4v) is 3.50. The predicted molar refractivity (Wildman–Crippen MR) is 82.1 cm³/mol. The average molecular weight is 296 g/mol. The lowest BCUT2D eigenvalue weighted by Gasteiger charge is -2.04. The van der Waals surface area contributed by atoms with Crippen molar-refractivity contribution in [2.24, 2.45) is 13.0 Å². The van der Waals surface area contributed by atoms with Crippen molar-refractivity contribution >= 4 is 23.6 Å². The predicted octanol–water partition coefficient (Wildman–Crippen LogP) is 3.92. The molecule has 0 aromatic carbocycles. The molecule has 19 heavy (non-hydrogen) atoms. The molecule has 0 aliphatic heterocycles. The minimum atomic E-state index is 0.387. The van der Waals surface area contributed by atoms with E-state index in [1.807, 2.05) is 11.6 Å². The number of nitrogens with one attached hydrogen (secondary N) is 1. The summed E-state index contributed by atoms with van der Waals surface area (Å²) >= 11 is 6.92. The van der Waals surface area contributed by atoms with Crippen LogP contribution in [0.3, 0.4) is 0 Å². The molecule has 2 rings (SSSR count). The van der Waals surface area contributed by atoms with Crippen LogP contribution in [0.25, 0.3) is 10.7 Å². The van der Waals surface area contributed by atoms with Crippen molar-refractivity contribution in [2.45, 2.75) is 40.0 Å². The maximum Gasteiger partial charge on any atom is 0.195 e. The topological polar surface area (TPSA) is 46.5 Å². The van der Waals surface area contributed by atoms with Crippen molar-refractivity contribution in [1.82, 2.24) is 19.7 Å². The van der Waals surface area contributed by atoms with Gasteiger partial charge in [0.15, 0.2) is 10.6 Å². The third-order valence-corrected chi connectivity index (χ3v) is 4.36. The Labute approximate surface area is 122 Å². The molecular formula is C13H20N4S2. The molecule has 0 saturated heterocycles. The molecule has 0 saturated carbocycles. The van der Waals surface area contributed by atoms with Gasteiger partial charge in [-0.05, 0) is 24.1 Å². The molecule has 0 aliphatic carbocycles. The molecule has 2 aromatic heterocycles. The summed E-state index contributed by atoms with van der Waals surface area (Å²) in [5.74, 6) is 1.89. The average Bonchev–Trinajstić information content (AvgIpc) is 2.84. The third kappa shape index (κ3) is 2.95. The molecule has 0 amide bonds. The first-order valence-corrected chi connectivity index (χ1v) is 7.74. The Balaban J connectivity index is 2.52. The number of hydrogen-bond acceptors (Lipinski definition) is 4. The highest BCUT2D eigenvalue weighted by atomic mass is 32.1. The fourth-order valence-electron chi connectivity index (χ4n) is 1.92. The van der Waals surface area contributed by atoms with E-state index in [0.717, 1.165) is 22.8 Å². The number of thiazole rings is 1. The fraction of sp³-hybridized carbons (Fsp3) is 0.615. The first kappa shape index (κ1) is 14.4. The smallest absolute Gasteiger partial charge is 0.195 e. The van der Waals surface area contributed by atoms with Crippen molar-refractivity contribution in [3.8, 4) is 10.7 Å². The van der Waals surface area contributed by atoms with Crippen LogP contribution in [0, 0.1) is 10.7 Å². The van der Waals surface area contributed by atoms with Crippen LogP contribution in [0.15, 0.2) is 0 Å². The van der Waals surface area contributed by atoms with Crippen molar-refractivity contribution in [1.29, 1.82) is 0 Å². The van der Waals surface area contributed by atoms with Crippen LogP contribution in [0.2, 0.25) is 0 Å². The summed E-state index contributed by atoms with van der Waals surface area (Å²) in [5, 5.41) is 8.37. The van der Waals surface area contributed by atoms with Crippen LogP contribution >= 0.6 is 23.6 Å². The third-order valence-electron chi connectivity index (χ3n) is 2.91. The summed E-state index contributed by atoms with van der Waals surface area (Å²) in [5.41, 5.74) is 1.12. The van der Waals surface area contributed by atoms with Gasteiger partial charge in [0.1, 0.15) is 0 Å². The van der Waals surface area contributed by atoms with Gasteiger partial charge in [-0.15, -0.1) is 11.3 Å². The van der Waals surface area contributed by atoms with E-state index in [4.69, 9.17) is 17.2 Å². The Morgan fingerprint density at radius 3 is 2.47 bits per heavy atom. The van der Waals surface area contributed by atoms with Gasteiger partial charge in [0.05, 0.1) is 15.6 Å². The van der Waals surface area contributed by atoms with E-state index < -0.39 is 0 Å². The van der Waals surface area contributed by atoms with Gasteiger partial charge < -0.3 is 4.57 Å². The molecule has 0 fully saturated rings. The zero-order valence-corrected chi connectivity index (χ0v) is 13.7. The molecule has 2 heterocycles. The van der Waals surface area contributed by atoms with E-state index in [0.29, 0.717) is 16.6 Å². The van der Waals surface area contributed by atoms with E-state index in [9.17, 15) is 0 Å². The molecule has 0 unspecified atom stereocenters. The number of aromatic amines is 1. The number of hydrogen-bond donors (Lipinski definition) is 1. The second-order valence-electron chi connectivity index (χ2n) is 5.49. The quantitative estimate of drug-likeness (QED) is 0.870. The number of H-pyrrole nitrogens is 1. The molecule has 104 valence electrons. The lowest BCUT2D eigenvalue weighted by Crippen LogP contribution is -1.97. The van der Waals surface area contributed by atoms with Gasteiger partial charge in [0, 0.05) is 13.5 Å². The van der Waals surface area contributed by atoms with Crippen LogP contribution < -0.4 is 0 Å². The first-order valence-electron chi connectivity index (χ1n) is 6.51. The lowest BCUT2D eigenvalue weighted by molar-refractivity contribution is 0.641. The minimum absolute atomic E-state index is 0.387. The monoisotopic (exact) mass is 296 g/mol. The van der Waals surface area contributed by atoms with E-state index in [1.54, 1.807) is 11.3 Å². The second-order valence-corrected chi connectivity index (χ2v) is 6.96. The number of rotatable bonds is 4. The first-order chi connectivity index (χ1) is 8.90. The van der Waals surface area contributed by atoms with Crippen molar-refractivity contribution in [2.75, 3.05) is 0 Å². The van der Waals surface area contributed by atoms with Gasteiger partial charge in [-0.1, -0.05) is 27.7 Å². The molecule has 0 bridgehead atoms. The molecule has 6 heteroatoms. The Kier molecular flexibility index (Phi) is 4.20. The van der Waals surface area contributed by atoms with Crippen LogP contribution in [0.4, 0.5) is 0 Å². The zero-order chi connectivity index (χ0) is 14.2. The Bertz CT molecular complexity index is 619. The molecule has 0 aliphatic rings. The van der Waals surface area contributed by atoms with Crippen LogP contribution in [0.1, 0.15) is 44.3 Å². The van der Waals surface area contributed by atoms with Crippen molar-refractivity contribution in [3.05, 3.63) is 15.5 Å². The molecule has 1 N–H and O–H groups in total. The summed E-state index contributed by atoms with van der Waals surface area (Å²) in [7, 11) is 1.94. The molecule has 0 atom stereocenters. The lowest BCUT2D eigenvalue weighted by atomic mass is 10.1. The molecule has 0 radical (unpaired) electrons. The zero-order valence-electron chi connectivity index (χ0n) is 12.0. The highest BCUT2D eigenvalue weighted by Gasteiger charge is 2.19. The van der Waals surface area contributed by atoms with Crippen LogP contribution in [-0.2, 0) is 13.5 Å². The van der Waals surface area contributed by atoms with Gasteiger partial charge >= 0.3 is 0 Å². The van der Waals surface area contributed by atoms with Crippen LogP contribution in [0.5, 0.6) is 0 Å². The minimum Gasteiger partial charge on any atom is -0.303 e. The van der Waals surface area contributed by atoms with Gasteiger partial charge in [0.25, 0.3) is 0 Å². The normalized spacial score (nSPS) is 11.7.